The molecule has 0 fully saturated rings. The van der Waals surface area contributed by atoms with Crippen molar-refractivity contribution in [3.05, 3.63) is 65.2 Å². The minimum atomic E-state index is -3.47. The Balaban J connectivity index is 2.14. The van der Waals surface area contributed by atoms with Crippen LogP contribution in [0.15, 0.2) is 48.5 Å². The second kappa shape index (κ2) is 8.72. The molecule has 0 unspecified atom stereocenters. The van der Waals surface area contributed by atoms with E-state index < -0.39 is 22.5 Å². The molecular formula is C17H18F2N2O4S. The van der Waals surface area contributed by atoms with E-state index in [1.807, 2.05) is 0 Å². The molecule has 26 heavy (non-hydrogen) atoms. The Morgan fingerprint density at radius 2 is 1.69 bits per heavy atom. The van der Waals surface area contributed by atoms with Crippen molar-refractivity contribution in [1.29, 1.82) is 0 Å². The number of nitrogens with one attached hydrogen (secondary N) is 2. The van der Waals surface area contributed by atoms with E-state index in [-0.39, 0.29) is 23.6 Å². The second-order valence-corrected chi connectivity index (χ2v) is 7.22. The summed E-state index contributed by atoms with van der Waals surface area (Å²) in [5, 5.41) is 2.59. The minimum absolute atomic E-state index is 0.0341. The van der Waals surface area contributed by atoms with E-state index in [0.717, 1.165) is 0 Å². The van der Waals surface area contributed by atoms with Crippen LogP contribution in [0.3, 0.4) is 0 Å². The molecule has 0 heterocycles. The molecule has 0 bridgehead atoms. The quantitative estimate of drug-likeness (QED) is 0.731. The summed E-state index contributed by atoms with van der Waals surface area (Å²) in [6.45, 7) is -3.01. The number of rotatable bonds is 8. The van der Waals surface area contributed by atoms with Crippen LogP contribution in [0.1, 0.15) is 21.5 Å². The number of benzene rings is 2. The zero-order valence-corrected chi connectivity index (χ0v) is 14.7. The molecule has 2 aromatic rings. The number of amides is 1. The summed E-state index contributed by atoms with van der Waals surface area (Å²) >= 11 is 0. The highest BCUT2D eigenvalue weighted by Gasteiger charge is 2.16. The first-order valence-corrected chi connectivity index (χ1v) is 9.27. The Morgan fingerprint density at radius 3 is 2.35 bits per heavy atom. The van der Waals surface area contributed by atoms with Crippen LogP contribution in [0.2, 0.25) is 0 Å². The lowest BCUT2D eigenvalue weighted by atomic mass is 10.1. The van der Waals surface area contributed by atoms with Crippen LogP contribution in [0.4, 0.5) is 8.78 Å². The normalized spacial score (nSPS) is 11.4. The number of carbonyl (C=O) groups is 1. The highest BCUT2D eigenvalue weighted by atomic mass is 32.2. The smallest absolute Gasteiger partial charge is 0.387 e. The fourth-order valence-electron chi connectivity index (χ4n) is 2.27. The maximum Gasteiger partial charge on any atom is 0.387 e. The first-order valence-electron chi connectivity index (χ1n) is 7.62. The van der Waals surface area contributed by atoms with Crippen molar-refractivity contribution in [3.8, 4) is 5.75 Å². The van der Waals surface area contributed by atoms with Crippen LogP contribution < -0.4 is 14.8 Å². The van der Waals surface area contributed by atoms with Gasteiger partial charge in [0.25, 0.3) is 5.91 Å². The van der Waals surface area contributed by atoms with Gasteiger partial charge in [0.1, 0.15) is 5.75 Å². The fraction of sp³-hybridized carbons (Fsp3) is 0.235. The van der Waals surface area contributed by atoms with Gasteiger partial charge < -0.3 is 10.1 Å². The van der Waals surface area contributed by atoms with Gasteiger partial charge in [-0.3, -0.25) is 4.79 Å². The van der Waals surface area contributed by atoms with Crippen molar-refractivity contribution >= 4 is 15.9 Å². The lowest BCUT2D eigenvalue weighted by Crippen LogP contribution is -2.25. The molecule has 0 saturated heterocycles. The van der Waals surface area contributed by atoms with E-state index in [1.54, 1.807) is 24.3 Å². The summed E-state index contributed by atoms with van der Waals surface area (Å²) in [6.07, 6.45) is 0. The molecule has 6 nitrogen and oxygen atoms in total. The predicted octanol–water partition coefficient (Wildman–Crippen LogP) is 2.27. The molecule has 0 saturated carbocycles. The van der Waals surface area contributed by atoms with E-state index >= 15 is 0 Å². The molecule has 0 atom stereocenters. The summed E-state index contributed by atoms with van der Waals surface area (Å²) in [4.78, 5) is 12.3. The SMILES string of the molecule is CNS(=O)(=O)Cc1ccccc1CNC(=O)c1ccccc1OC(F)F. The van der Waals surface area contributed by atoms with E-state index in [1.165, 1.54) is 31.3 Å². The van der Waals surface area contributed by atoms with Crippen LogP contribution in [-0.2, 0) is 22.3 Å². The number of carbonyl (C=O) groups excluding carboxylic acids is 1. The third-order valence-electron chi connectivity index (χ3n) is 3.56. The molecule has 2 N–H and O–H groups in total. The summed E-state index contributed by atoms with van der Waals surface area (Å²) in [5.41, 5.74) is 1.10. The molecule has 0 aliphatic carbocycles. The molecule has 1 amide bonds. The van der Waals surface area contributed by atoms with Crippen molar-refractivity contribution in [2.45, 2.75) is 18.9 Å². The summed E-state index contributed by atoms with van der Waals surface area (Å²) < 4.78 is 54.9. The zero-order valence-electron chi connectivity index (χ0n) is 13.9. The topological polar surface area (TPSA) is 84.5 Å². The van der Waals surface area contributed by atoms with Crippen molar-refractivity contribution in [3.63, 3.8) is 0 Å². The Morgan fingerprint density at radius 1 is 1.08 bits per heavy atom. The molecule has 0 radical (unpaired) electrons. The highest BCUT2D eigenvalue weighted by molar-refractivity contribution is 7.88. The summed E-state index contributed by atoms with van der Waals surface area (Å²) in [5.74, 6) is -1.07. The first-order chi connectivity index (χ1) is 12.3. The van der Waals surface area contributed by atoms with Crippen LogP contribution in [0, 0.1) is 0 Å². The zero-order chi connectivity index (χ0) is 19.2. The fourth-order valence-corrected chi connectivity index (χ4v) is 3.11. The summed E-state index contributed by atoms with van der Waals surface area (Å²) in [6, 6.07) is 12.4. The van der Waals surface area contributed by atoms with Crippen LogP contribution in [0.5, 0.6) is 5.75 Å². The van der Waals surface area contributed by atoms with Gasteiger partial charge in [-0.15, -0.1) is 0 Å². The van der Waals surface area contributed by atoms with Crippen LogP contribution in [-0.4, -0.2) is 28.0 Å². The number of hydrogen-bond acceptors (Lipinski definition) is 4. The molecule has 0 aliphatic heterocycles. The number of halogens is 2. The molecule has 2 rings (SSSR count). The van der Waals surface area contributed by atoms with Gasteiger partial charge >= 0.3 is 6.61 Å². The van der Waals surface area contributed by atoms with Gasteiger partial charge in [-0.1, -0.05) is 36.4 Å². The Kier molecular flexibility index (Phi) is 6.64. The molecular weight excluding hydrogens is 366 g/mol. The lowest BCUT2D eigenvalue weighted by Gasteiger charge is -2.13. The van der Waals surface area contributed by atoms with Crippen molar-refractivity contribution < 1.29 is 26.7 Å². The van der Waals surface area contributed by atoms with E-state index in [2.05, 4.69) is 14.8 Å². The second-order valence-electron chi connectivity index (χ2n) is 5.29. The van der Waals surface area contributed by atoms with Gasteiger partial charge in [0, 0.05) is 6.54 Å². The van der Waals surface area contributed by atoms with Crippen molar-refractivity contribution in [2.75, 3.05) is 7.05 Å². The number of alkyl halides is 2. The van der Waals surface area contributed by atoms with E-state index in [0.29, 0.717) is 11.1 Å². The Labute approximate surface area is 150 Å². The molecule has 9 heteroatoms. The minimum Gasteiger partial charge on any atom is -0.434 e. The van der Waals surface area contributed by atoms with E-state index in [9.17, 15) is 22.0 Å². The van der Waals surface area contributed by atoms with Gasteiger partial charge in [-0.05, 0) is 30.3 Å². The number of hydrogen-bond donors (Lipinski definition) is 2. The van der Waals surface area contributed by atoms with Crippen LogP contribution in [0.25, 0.3) is 0 Å². The number of sulfonamides is 1. The molecule has 140 valence electrons. The molecule has 0 aliphatic rings. The monoisotopic (exact) mass is 384 g/mol. The molecule has 0 aromatic heterocycles. The average Bonchev–Trinajstić information content (AvgIpc) is 2.60. The predicted molar refractivity (Wildman–Crippen MR) is 92.4 cm³/mol. The van der Waals surface area contributed by atoms with Gasteiger partial charge in [-0.2, -0.15) is 8.78 Å². The maximum atomic E-state index is 12.4. The van der Waals surface area contributed by atoms with Gasteiger partial charge in [0.15, 0.2) is 0 Å². The van der Waals surface area contributed by atoms with Crippen LogP contribution >= 0.6 is 0 Å². The molecule has 2 aromatic carbocycles. The highest BCUT2D eigenvalue weighted by Crippen LogP contribution is 2.20. The van der Waals surface area contributed by atoms with Gasteiger partial charge in [-0.25, -0.2) is 13.1 Å². The first kappa shape index (κ1) is 19.8. The van der Waals surface area contributed by atoms with Crippen molar-refractivity contribution in [2.24, 2.45) is 0 Å². The maximum absolute atomic E-state index is 12.4. The molecule has 0 spiro atoms. The summed E-state index contributed by atoms with van der Waals surface area (Å²) in [7, 11) is -2.15. The Hall–Kier alpha value is -2.52. The third kappa shape index (κ3) is 5.50. The van der Waals surface area contributed by atoms with E-state index in [4.69, 9.17) is 0 Å². The van der Waals surface area contributed by atoms with Crippen molar-refractivity contribution in [1.82, 2.24) is 10.0 Å². The largest absolute Gasteiger partial charge is 0.434 e. The Bertz CT molecular complexity index is 873. The standard InChI is InChI=1S/C17H18F2N2O4S/c1-20-26(23,24)11-13-7-3-2-6-12(13)10-21-16(22)14-8-4-5-9-15(14)25-17(18)19/h2-9,17,20H,10-11H2,1H3,(H,21,22). The van der Waals surface area contributed by atoms with Gasteiger partial charge in [0.05, 0.1) is 11.3 Å². The third-order valence-corrected chi connectivity index (χ3v) is 4.88. The average molecular weight is 384 g/mol. The lowest BCUT2D eigenvalue weighted by molar-refractivity contribution is -0.0501. The number of para-hydroxylation sites is 1. The number of ether oxygens (including phenoxy) is 1. The van der Waals surface area contributed by atoms with Gasteiger partial charge in [0.2, 0.25) is 10.0 Å².